The average Bonchev–Trinajstić information content (AvgIpc) is 2.31. The van der Waals surface area contributed by atoms with Crippen LogP contribution in [0.3, 0.4) is 0 Å². The second-order valence-corrected chi connectivity index (χ2v) is 4.03. The van der Waals surface area contributed by atoms with Gasteiger partial charge >= 0.3 is 0 Å². The first-order valence-corrected chi connectivity index (χ1v) is 5.53. The van der Waals surface area contributed by atoms with E-state index in [-0.39, 0.29) is 0 Å². The molecule has 4 heteroatoms. The Morgan fingerprint density at radius 3 is 2.82 bits per heavy atom. The van der Waals surface area contributed by atoms with Crippen LogP contribution in [-0.2, 0) is 6.54 Å². The van der Waals surface area contributed by atoms with E-state index in [0.717, 1.165) is 22.8 Å². The van der Waals surface area contributed by atoms with Crippen LogP contribution in [0.5, 0.6) is 0 Å². The van der Waals surface area contributed by atoms with Gasteiger partial charge in [0, 0.05) is 24.0 Å². The topological polar surface area (TPSA) is 63.8 Å². The quantitative estimate of drug-likeness (QED) is 0.791. The molecule has 1 aromatic heterocycles. The molecule has 1 aromatic carbocycles. The zero-order valence-electron chi connectivity index (χ0n) is 10.1. The third-order valence-electron chi connectivity index (χ3n) is 2.75. The number of rotatable bonds is 3. The number of aromatic nitrogens is 2. The number of hydrogen-bond donors (Lipinski definition) is 2. The third-order valence-corrected chi connectivity index (χ3v) is 2.75. The second-order valence-electron chi connectivity index (χ2n) is 4.03. The maximum atomic E-state index is 5.86. The molecule has 3 N–H and O–H groups in total. The maximum Gasteiger partial charge on any atom is 0.129 e. The Kier molecular flexibility index (Phi) is 3.23. The van der Waals surface area contributed by atoms with Crippen molar-refractivity contribution < 1.29 is 0 Å². The van der Waals surface area contributed by atoms with Crippen molar-refractivity contribution in [3.63, 3.8) is 0 Å². The molecule has 0 atom stereocenters. The molecular weight excluding hydrogens is 212 g/mol. The van der Waals surface area contributed by atoms with Crippen LogP contribution in [0, 0.1) is 13.8 Å². The lowest BCUT2D eigenvalue weighted by molar-refractivity contribution is 1.05. The Balaban J connectivity index is 2.10. The molecule has 0 amide bonds. The highest BCUT2D eigenvalue weighted by atomic mass is 15.0. The Morgan fingerprint density at radius 1 is 1.24 bits per heavy atom. The van der Waals surface area contributed by atoms with Gasteiger partial charge in [-0.05, 0) is 31.0 Å². The standard InChI is InChI=1S/C13H16N4/c1-9-6-13(17-8-16-9)15-7-11-4-3-5-12(14)10(11)2/h3-6,8H,7,14H2,1-2H3,(H,15,16,17). The Hall–Kier alpha value is -2.10. The number of aryl methyl sites for hydroxylation is 1. The summed E-state index contributed by atoms with van der Waals surface area (Å²) in [5.74, 6) is 0.833. The lowest BCUT2D eigenvalue weighted by atomic mass is 10.1. The van der Waals surface area contributed by atoms with Crippen LogP contribution in [0.1, 0.15) is 16.8 Å². The van der Waals surface area contributed by atoms with Crippen LogP contribution in [0.25, 0.3) is 0 Å². The molecule has 0 aliphatic heterocycles. The van der Waals surface area contributed by atoms with E-state index in [0.29, 0.717) is 6.54 Å². The molecule has 0 spiro atoms. The first-order valence-electron chi connectivity index (χ1n) is 5.53. The summed E-state index contributed by atoms with van der Waals surface area (Å²) in [5, 5.41) is 3.26. The molecule has 2 rings (SSSR count). The monoisotopic (exact) mass is 228 g/mol. The molecule has 0 aliphatic carbocycles. The fourth-order valence-corrected chi connectivity index (χ4v) is 1.63. The Morgan fingerprint density at radius 2 is 2.06 bits per heavy atom. The minimum Gasteiger partial charge on any atom is -0.399 e. The Labute approximate surface area is 101 Å². The first kappa shape index (κ1) is 11.4. The largest absolute Gasteiger partial charge is 0.399 e. The molecule has 1 heterocycles. The lowest BCUT2D eigenvalue weighted by Crippen LogP contribution is -2.04. The van der Waals surface area contributed by atoms with Gasteiger partial charge in [-0.1, -0.05) is 12.1 Å². The molecular formula is C13H16N4. The van der Waals surface area contributed by atoms with Crippen molar-refractivity contribution in [1.82, 2.24) is 9.97 Å². The van der Waals surface area contributed by atoms with E-state index in [2.05, 4.69) is 21.4 Å². The van der Waals surface area contributed by atoms with Crippen molar-refractivity contribution in [3.8, 4) is 0 Å². The SMILES string of the molecule is Cc1cc(NCc2cccc(N)c2C)ncn1. The van der Waals surface area contributed by atoms with Crippen molar-refractivity contribution in [1.29, 1.82) is 0 Å². The number of nitrogens with two attached hydrogens (primary N) is 1. The van der Waals surface area contributed by atoms with Gasteiger partial charge in [0.2, 0.25) is 0 Å². The predicted octanol–water partition coefficient (Wildman–Crippen LogP) is 2.29. The first-order chi connectivity index (χ1) is 8.16. The van der Waals surface area contributed by atoms with Gasteiger partial charge < -0.3 is 11.1 Å². The van der Waals surface area contributed by atoms with Crippen LogP contribution in [0.2, 0.25) is 0 Å². The minimum absolute atomic E-state index is 0.716. The summed E-state index contributed by atoms with van der Waals surface area (Å²) in [7, 11) is 0. The minimum atomic E-state index is 0.716. The van der Waals surface area contributed by atoms with Crippen LogP contribution < -0.4 is 11.1 Å². The average molecular weight is 228 g/mol. The molecule has 0 saturated heterocycles. The molecule has 0 aliphatic rings. The second kappa shape index (κ2) is 4.82. The zero-order valence-corrected chi connectivity index (χ0v) is 10.1. The highest BCUT2D eigenvalue weighted by molar-refractivity contribution is 5.51. The molecule has 88 valence electrons. The highest BCUT2D eigenvalue weighted by Crippen LogP contribution is 2.16. The van der Waals surface area contributed by atoms with Gasteiger partial charge in [0.1, 0.15) is 12.1 Å². The van der Waals surface area contributed by atoms with Crippen LogP contribution in [-0.4, -0.2) is 9.97 Å². The highest BCUT2D eigenvalue weighted by Gasteiger charge is 2.01. The molecule has 17 heavy (non-hydrogen) atoms. The van der Waals surface area contributed by atoms with Gasteiger partial charge in [-0.2, -0.15) is 0 Å². The third kappa shape index (κ3) is 2.72. The van der Waals surface area contributed by atoms with E-state index in [9.17, 15) is 0 Å². The van der Waals surface area contributed by atoms with Crippen molar-refractivity contribution in [2.45, 2.75) is 20.4 Å². The van der Waals surface area contributed by atoms with E-state index < -0.39 is 0 Å². The summed E-state index contributed by atoms with van der Waals surface area (Å²) in [6.45, 7) is 4.68. The van der Waals surface area contributed by atoms with Crippen molar-refractivity contribution in [3.05, 3.63) is 47.4 Å². The molecule has 2 aromatic rings. The van der Waals surface area contributed by atoms with Gasteiger partial charge in [0.05, 0.1) is 0 Å². The van der Waals surface area contributed by atoms with Crippen molar-refractivity contribution in [2.75, 3.05) is 11.1 Å². The summed E-state index contributed by atoms with van der Waals surface area (Å²) < 4.78 is 0. The van der Waals surface area contributed by atoms with E-state index in [1.807, 2.05) is 32.0 Å². The number of hydrogen-bond acceptors (Lipinski definition) is 4. The fourth-order valence-electron chi connectivity index (χ4n) is 1.63. The van der Waals surface area contributed by atoms with E-state index >= 15 is 0 Å². The summed E-state index contributed by atoms with van der Waals surface area (Å²) in [6.07, 6.45) is 1.56. The van der Waals surface area contributed by atoms with Crippen LogP contribution in [0.4, 0.5) is 11.5 Å². The van der Waals surface area contributed by atoms with E-state index in [1.54, 1.807) is 6.33 Å². The number of benzene rings is 1. The van der Waals surface area contributed by atoms with E-state index in [1.165, 1.54) is 5.56 Å². The smallest absolute Gasteiger partial charge is 0.129 e. The van der Waals surface area contributed by atoms with Crippen LogP contribution >= 0.6 is 0 Å². The molecule has 0 radical (unpaired) electrons. The molecule has 0 fully saturated rings. The summed E-state index contributed by atoms with van der Waals surface area (Å²) in [5.41, 5.74) is 9.93. The summed E-state index contributed by atoms with van der Waals surface area (Å²) in [6, 6.07) is 7.85. The molecule has 0 unspecified atom stereocenters. The van der Waals surface area contributed by atoms with Crippen LogP contribution in [0.15, 0.2) is 30.6 Å². The lowest BCUT2D eigenvalue weighted by Gasteiger charge is -2.10. The van der Waals surface area contributed by atoms with Gasteiger partial charge in [-0.15, -0.1) is 0 Å². The Bertz CT molecular complexity index is 523. The van der Waals surface area contributed by atoms with E-state index in [4.69, 9.17) is 5.73 Å². The molecule has 4 nitrogen and oxygen atoms in total. The summed E-state index contributed by atoms with van der Waals surface area (Å²) in [4.78, 5) is 8.21. The van der Waals surface area contributed by atoms with Gasteiger partial charge in [-0.3, -0.25) is 0 Å². The summed E-state index contributed by atoms with van der Waals surface area (Å²) >= 11 is 0. The number of nitrogen functional groups attached to an aromatic ring is 1. The molecule has 0 saturated carbocycles. The van der Waals surface area contributed by atoms with Gasteiger partial charge in [0.25, 0.3) is 0 Å². The van der Waals surface area contributed by atoms with Gasteiger partial charge in [-0.25, -0.2) is 9.97 Å². The van der Waals surface area contributed by atoms with Gasteiger partial charge in [0.15, 0.2) is 0 Å². The predicted molar refractivity (Wildman–Crippen MR) is 69.7 cm³/mol. The maximum absolute atomic E-state index is 5.86. The fraction of sp³-hybridized carbons (Fsp3) is 0.231. The zero-order chi connectivity index (χ0) is 12.3. The number of nitrogens with zero attached hydrogens (tertiary/aromatic N) is 2. The number of anilines is 2. The van der Waals surface area contributed by atoms with Crippen molar-refractivity contribution >= 4 is 11.5 Å². The number of nitrogens with one attached hydrogen (secondary N) is 1. The van der Waals surface area contributed by atoms with Crippen molar-refractivity contribution in [2.24, 2.45) is 0 Å². The molecule has 0 bridgehead atoms. The normalized spacial score (nSPS) is 10.2.